The normalized spacial score (nSPS) is 15.8. The highest BCUT2D eigenvalue weighted by Gasteiger charge is 2.10. The molecular formula is C16H20FN3. The Morgan fingerprint density at radius 3 is 2.90 bits per heavy atom. The summed E-state index contributed by atoms with van der Waals surface area (Å²) in [5, 5.41) is 4.42. The predicted octanol–water partition coefficient (Wildman–Crippen LogP) is 3.27. The molecule has 0 spiro atoms. The Balaban J connectivity index is 1.59. The largest absolute Gasteiger partial charge is 0.384 e. The number of halogens is 1. The average molecular weight is 273 g/mol. The molecule has 2 heterocycles. The Bertz CT molecular complexity index is 579. The van der Waals surface area contributed by atoms with Gasteiger partial charge in [-0.05, 0) is 57.1 Å². The molecule has 1 aliphatic rings. The summed E-state index contributed by atoms with van der Waals surface area (Å²) in [4.78, 5) is 6.72. The highest BCUT2D eigenvalue weighted by Crippen LogP contribution is 2.22. The van der Waals surface area contributed by atoms with Crippen LogP contribution in [-0.4, -0.2) is 36.1 Å². The van der Waals surface area contributed by atoms with Gasteiger partial charge in [0.1, 0.15) is 5.82 Å². The van der Waals surface area contributed by atoms with Crippen molar-refractivity contribution in [3.05, 3.63) is 36.3 Å². The van der Waals surface area contributed by atoms with Crippen molar-refractivity contribution in [1.82, 2.24) is 9.88 Å². The standard InChI is InChI=1S/C16H20FN3/c17-13-4-5-14-15(6-8-19-16(14)12-13)18-7-3-11-20-9-1-2-10-20/h4-6,8,12H,1-3,7,9-11H2,(H,18,19). The van der Waals surface area contributed by atoms with E-state index in [1.54, 1.807) is 12.3 Å². The third kappa shape index (κ3) is 3.07. The average Bonchev–Trinajstić information content (AvgIpc) is 2.96. The van der Waals surface area contributed by atoms with Crippen molar-refractivity contribution in [3.63, 3.8) is 0 Å². The van der Waals surface area contributed by atoms with Crippen LogP contribution < -0.4 is 5.32 Å². The maximum Gasteiger partial charge on any atom is 0.125 e. The predicted molar refractivity (Wildman–Crippen MR) is 80.5 cm³/mol. The number of benzene rings is 1. The second kappa shape index (κ2) is 6.18. The molecule has 20 heavy (non-hydrogen) atoms. The zero-order chi connectivity index (χ0) is 13.8. The van der Waals surface area contributed by atoms with Gasteiger partial charge in [0.25, 0.3) is 0 Å². The van der Waals surface area contributed by atoms with Gasteiger partial charge >= 0.3 is 0 Å². The van der Waals surface area contributed by atoms with Crippen molar-refractivity contribution in [3.8, 4) is 0 Å². The monoisotopic (exact) mass is 273 g/mol. The first-order valence-corrected chi connectivity index (χ1v) is 7.33. The van der Waals surface area contributed by atoms with E-state index in [1.807, 2.05) is 6.07 Å². The fourth-order valence-corrected chi connectivity index (χ4v) is 2.81. The van der Waals surface area contributed by atoms with Crippen LogP contribution >= 0.6 is 0 Å². The third-order valence-corrected chi connectivity index (χ3v) is 3.87. The number of rotatable bonds is 5. The third-order valence-electron chi connectivity index (χ3n) is 3.87. The van der Waals surface area contributed by atoms with Crippen LogP contribution in [0, 0.1) is 5.82 Å². The fourth-order valence-electron chi connectivity index (χ4n) is 2.81. The van der Waals surface area contributed by atoms with Crippen molar-refractivity contribution in [2.45, 2.75) is 19.3 Å². The maximum absolute atomic E-state index is 13.2. The molecule has 3 rings (SSSR count). The van der Waals surface area contributed by atoms with Gasteiger partial charge in [-0.15, -0.1) is 0 Å². The van der Waals surface area contributed by atoms with Crippen LogP contribution in [0.15, 0.2) is 30.5 Å². The molecule has 106 valence electrons. The summed E-state index contributed by atoms with van der Waals surface area (Å²) in [5.74, 6) is -0.240. The first-order chi connectivity index (χ1) is 9.83. The number of pyridine rings is 1. The number of nitrogens with one attached hydrogen (secondary N) is 1. The Morgan fingerprint density at radius 2 is 2.05 bits per heavy atom. The first kappa shape index (κ1) is 13.3. The molecule has 0 bridgehead atoms. The number of nitrogens with zero attached hydrogens (tertiary/aromatic N) is 2. The maximum atomic E-state index is 13.2. The Labute approximate surface area is 118 Å². The van der Waals surface area contributed by atoms with Crippen molar-refractivity contribution in [2.75, 3.05) is 31.5 Å². The molecule has 1 saturated heterocycles. The van der Waals surface area contributed by atoms with E-state index >= 15 is 0 Å². The van der Waals surface area contributed by atoms with E-state index in [4.69, 9.17) is 0 Å². The molecule has 1 aromatic heterocycles. The number of hydrogen-bond donors (Lipinski definition) is 1. The number of hydrogen-bond acceptors (Lipinski definition) is 3. The topological polar surface area (TPSA) is 28.2 Å². The minimum atomic E-state index is -0.240. The molecule has 0 atom stereocenters. The molecule has 4 heteroatoms. The summed E-state index contributed by atoms with van der Waals surface area (Å²) in [6, 6.07) is 6.71. The molecule has 3 nitrogen and oxygen atoms in total. The highest BCUT2D eigenvalue weighted by molar-refractivity contribution is 5.90. The summed E-state index contributed by atoms with van der Waals surface area (Å²) in [6.07, 6.45) is 5.54. The van der Waals surface area contributed by atoms with Crippen molar-refractivity contribution >= 4 is 16.6 Å². The number of anilines is 1. The minimum Gasteiger partial charge on any atom is -0.384 e. The van der Waals surface area contributed by atoms with Gasteiger partial charge in [-0.3, -0.25) is 4.98 Å². The van der Waals surface area contributed by atoms with E-state index in [1.165, 1.54) is 38.1 Å². The van der Waals surface area contributed by atoms with E-state index < -0.39 is 0 Å². The molecule has 1 fully saturated rings. The van der Waals surface area contributed by atoms with Gasteiger partial charge in [0, 0.05) is 29.9 Å². The number of likely N-dealkylation sites (tertiary alicyclic amines) is 1. The van der Waals surface area contributed by atoms with Gasteiger partial charge < -0.3 is 10.2 Å². The zero-order valence-corrected chi connectivity index (χ0v) is 11.6. The lowest BCUT2D eigenvalue weighted by molar-refractivity contribution is 0.337. The molecule has 0 saturated carbocycles. The van der Waals surface area contributed by atoms with Gasteiger partial charge in [0.2, 0.25) is 0 Å². The highest BCUT2D eigenvalue weighted by atomic mass is 19.1. The summed E-state index contributed by atoms with van der Waals surface area (Å²) in [7, 11) is 0. The van der Waals surface area contributed by atoms with Crippen LogP contribution in [0.1, 0.15) is 19.3 Å². The second-order valence-corrected chi connectivity index (χ2v) is 5.35. The Hall–Kier alpha value is -1.68. The van der Waals surface area contributed by atoms with E-state index in [2.05, 4.69) is 15.2 Å². The Kier molecular flexibility index (Phi) is 4.11. The molecule has 1 aromatic carbocycles. The van der Waals surface area contributed by atoms with Crippen LogP contribution in [0.25, 0.3) is 10.9 Å². The number of aromatic nitrogens is 1. The Morgan fingerprint density at radius 1 is 1.20 bits per heavy atom. The fraction of sp³-hybridized carbons (Fsp3) is 0.438. The van der Waals surface area contributed by atoms with E-state index in [-0.39, 0.29) is 5.82 Å². The molecule has 0 unspecified atom stereocenters. The molecule has 0 aliphatic carbocycles. The zero-order valence-electron chi connectivity index (χ0n) is 11.6. The summed E-state index contributed by atoms with van der Waals surface area (Å²) in [6.45, 7) is 4.59. The molecular weight excluding hydrogens is 253 g/mol. The molecule has 0 radical (unpaired) electrons. The van der Waals surface area contributed by atoms with Crippen LogP contribution in [0.5, 0.6) is 0 Å². The van der Waals surface area contributed by atoms with Gasteiger partial charge in [0.05, 0.1) is 5.52 Å². The van der Waals surface area contributed by atoms with E-state index in [0.717, 1.165) is 30.6 Å². The SMILES string of the molecule is Fc1ccc2c(NCCCN3CCCC3)ccnc2c1. The molecule has 1 N–H and O–H groups in total. The van der Waals surface area contributed by atoms with Crippen LogP contribution in [0.3, 0.4) is 0 Å². The van der Waals surface area contributed by atoms with E-state index in [0.29, 0.717) is 5.52 Å². The first-order valence-electron chi connectivity index (χ1n) is 7.33. The lowest BCUT2D eigenvalue weighted by atomic mass is 10.2. The summed E-state index contributed by atoms with van der Waals surface area (Å²) >= 11 is 0. The van der Waals surface area contributed by atoms with Gasteiger partial charge in [0.15, 0.2) is 0 Å². The second-order valence-electron chi connectivity index (χ2n) is 5.35. The van der Waals surface area contributed by atoms with Crippen molar-refractivity contribution in [1.29, 1.82) is 0 Å². The summed E-state index contributed by atoms with van der Waals surface area (Å²) in [5.41, 5.74) is 1.74. The van der Waals surface area contributed by atoms with Crippen molar-refractivity contribution < 1.29 is 4.39 Å². The van der Waals surface area contributed by atoms with Crippen molar-refractivity contribution in [2.24, 2.45) is 0 Å². The quantitative estimate of drug-likeness (QED) is 0.847. The number of fused-ring (bicyclic) bond motifs is 1. The molecule has 2 aromatic rings. The van der Waals surface area contributed by atoms with Gasteiger partial charge in [-0.2, -0.15) is 0 Å². The molecule has 0 amide bonds. The molecule has 1 aliphatic heterocycles. The van der Waals surface area contributed by atoms with Crippen LogP contribution in [0.4, 0.5) is 10.1 Å². The lowest BCUT2D eigenvalue weighted by Gasteiger charge is -2.15. The van der Waals surface area contributed by atoms with Crippen LogP contribution in [0.2, 0.25) is 0 Å². The van der Waals surface area contributed by atoms with Gasteiger partial charge in [-0.1, -0.05) is 0 Å². The van der Waals surface area contributed by atoms with E-state index in [9.17, 15) is 4.39 Å². The van der Waals surface area contributed by atoms with Crippen LogP contribution in [-0.2, 0) is 0 Å². The summed E-state index contributed by atoms with van der Waals surface area (Å²) < 4.78 is 13.2. The minimum absolute atomic E-state index is 0.240. The van der Waals surface area contributed by atoms with Gasteiger partial charge in [-0.25, -0.2) is 4.39 Å². The smallest absolute Gasteiger partial charge is 0.125 e. The lowest BCUT2D eigenvalue weighted by Crippen LogP contribution is -2.22.